The number of aromatic nitrogens is 1. The molecule has 5 heteroatoms. The van der Waals surface area contributed by atoms with E-state index in [0.29, 0.717) is 6.54 Å². The molecule has 1 saturated heterocycles. The van der Waals surface area contributed by atoms with Crippen LogP contribution in [0.3, 0.4) is 0 Å². The largest absolute Gasteiger partial charge is 0.361 e. The lowest BCUT2D eigenvalue weighted by molar-refractivity contribution is 0.0730. The van der Waals surface area contributed by atoms with Gasteiger partial charge in [-0.05, 0) is 38.8 Å². The molecule has 0 saturated carbocycles. The third-order valence-electron chi connectivity index (χ3n) is 4.04. The maximum absolute atomic E-state index is 13.8. The van der Waals surface area contributed by atoms with E-state index < -0.39 is 5.82 Å². The van der Waals surface area contributed by atoms with Gasteiger partial charge in [0.1, 0.15) is 11.6 Å². The summed E-state index contributed by atoms with van der Waals surface area (Å²) >= 11 is 0. The summed E-state index contributed by atoms with van der Waals surface area (Å²) in [6.07, 6.45) is 1.75. The summed E-state index contributed by atoms with van der Waals surface area (Å²) in [4.78, 5) is 14.4. The number of amides is 1. The molecule has 110 valence electrons. The number of benzene rings is 1. The zero-order chi connectivity index (χ0) is 15.0. The van der Waals surface area contributed by atoms with Gasteiger partial charge in [0.25, 0.3) is 5.91 Å². The van der Waals surface area contributed by atoms with E-state index in [1.165, 1.54) is 12.1 Å². The number of hydrogen-bond donors (Lipinski definition) is 0. The van der Waals surface area contributed by atoms with E-state index in [9.17, 15) is 9.18 Å². The topological polar surface area (TPSA) is 46.3 Å². The van der Waals surface area contributed by atoms with Crippen LogP contribution in [0, 0.1) is 19.7 Å². The van der Waals surface area contributed by atoms with Crippen molar-refractivity contribution >= 4 is 5.91 Å². The third-order valence-corrected chi connectivity index (χ3v) is 4.04. The summed E-state index contributed by atoms with van der Waals surface area (Å²) in [5.41, 5.74) is 1.87. The summed E-state index contributed by atoms with van der Waals surface area (Å²) in [6, 6.07) is 6.02. The van der Waals surface area contributed by atoms with Gasteiger partial charge in [-0.15, -0.1) is 0 Å². The molecule has 1 unspecified atom stereocenters. The van der Waals surface area contributed by atoms with Crippen molar-refractivity contribution in [2.24, 2.45) is 0 Å². The van der Waals surface area contributed by atoms with Crippen molar-refractivity contribution in [2.45, 2.75) is 32.7 Å². The van der Waals surface area contributed by atoms with Crippen molar-refractivity contribution in [3.63, 3.8) is 0 Å². The van der Waals surface area contributed by atoms with Crippen LogP contribution in [0.5, 0.6) is 0 Å². The fraction of sp³-hybridized carbons (Fsp3) is 0.375. The van der Waals surface area contributed by atoms with Crippen LogP contribution in [-0.2, 0) is 0 Å². The second-order valence-corrected chi connectivity index (χ2v) is 5.37. The highest BCUT2D eigenvalue weighted by molar-refractivity contribution is 5.95. The van der Waals surface area contributed by atoms with Crippen molar-refractivity contribution in [3.05, 3.63) is 52.7 Å². The molecule has 0 aliphatic carbocycles. The lowest BCUT2D eigenvalue weighted by Crippen LogP contribution is -2.31. The van der Waals surface area contributed by atoms with Crippen LogP contribution in [0.2, 0.25) is 0 Å². The number of hydrogen-bond acceptors (Lipinski definition) is 3. The van der Waals surface area contributed by atoms with Gasteiger partial charge in [-0.25, -0.2) is 4.39 Å². The Kier molecular flexibility index (Phi) is 3.49. The van der Waals surface area contributed by atoms with E-state index in [0.717, 1.165) is 29.9 Å². The Hall–Kier alpha value is -2.17. The number of carbonyl (C=O) groups excluding carboxylic acids is 1. The van der Waals surface area contributed by atoms with Gasteiger partial charge in [-0.1, -0.05) is 17.3 Å². The standard InChI is InChI=1S/C16H17FN2O2/c1-10-15(11(2)21-18-10)14-8-5-9-19(14)16(20)12-6-3-4-7-13(12)17/h3-4,6-7,14H,5,8-9H2,1-2H3. The van der Waals surface area contributed by atoms with Crippen LogP contribution in [-0.4, -0.2) is 22.5 Å². The first-order chi connectivity index (χ1) is 10.1. The van der Waals surface area contributed by atoms with Gasteiger partial charge in [-0.2, -0.15) is 0 Å². The fourth-order valence-electron chi connectivity index (χ4n) is 3.07. The van der Waals surface area contributed by atoms with E-state index in [1.807, 2.05) is 13.8 Å². The highest BCUT2D eigenvalue weighted by Crippen LogP contribution is 2.36. The van der Waals surface area contributed by atoms with Gasteiger partial charge in [-0.3, -0.25) is 4.79 Å². The Bertz CT molecular complexity index is 661. The molecule has 1 aromatic heterocycles. The van der Waals surface area contributed by atoms with E-state index in [-0.39, 0.29) is 17.5 Å². The first-order valence-corrected chi connectivity index (χ1v) is 7.08. The highest BCUT2D eigenvalue weighted by atomic mass is 19.1. The number of likely N-dealkylation sites (tertiary alicyclic amines) is 1. The van der Waals surface area contributed by atoms with Gasteiger partial charge in [0, 0.05) is 12.1 Å². The predicted octanol–water partition coefficient (Wildman–Crippen LogP) is 3.41. The quantitative estimate of drug-likeness (QED) is 0.850. The van der Waals surface area contributed by atoms with E-state index in [2.05, 4.69) is 5.16 Å². The molecule has 1 amide bonds. The Labute approximate surface area is 122 Å². The van der Waals surface area contributed by atoms with Gasteiger partial charge in [0.15, 0.2) is 0 Å². The minimum atomic E-state index is -0.480. The molecule has 2 heterocycles. The SMILES string of the molecule is Cc1noc(C)c1C1CCCN1C(=O)c1ccccc1F. The maximum Gasteiger partial charge on any atom is 0.257 e. The molecule has 1 aliphatic rings. The van der Waals surface area contributed by atoms with Gasteiger partial charge >= 0.3 is 0 Å². The molecule has 3 rings (SSSR count). The zero-order valence-electron chi connectivity index (χ0n) is 12.1. The zero-order valence-corrected chi connectivity index (χ0v) is 12.1. The summed E-state index contributed by atoms with van der Waals surface area (Å²) in [5.74, 6) is -0.0201. The molecule has 1 fully saturated rings. The van der Waals surface area contributed by atoms with Crippen LogP contribution >= 0.6 is 0 Å². The molecule has 0 bridgehead atoms. The Balaban J connectivity index is 1.95. The molecule has 0 radical (unpaired) electrons. The molecule has 0 N–H and O–H groups in total. The molecule has 4 nitrogen and oxygen atoms in total. The molecule has 0 spiro atoms. The molecule has 1 aliphatic heterocycles. The second kappa shape index (κ2) is 5.31. The Morgan fingerprint density at radius 3 is 2.81 bits per heavy atom. The first kappa shape index (κ1) is 13.8. The minimum absolute atomic E-state index is 0.0802. The Morgan fingerprint density at radius 2 is 2.14 bits per heavy atom. The molecule has 21 heavy (non-hydrogen) atoms. The summed E-state index contributed by atoms with van der Waals surface area (Å²) in [6.45, 7) is 4.34. The Morgan fingerprint density at radius 1 is 1.38 bits per heavy atom. The monoisotopic (exact) mass is 288 g/mol. The average Bonchev–Trinajstić information content (AvgIpc) is 3.05. The summed E-state index contributed by atoms with van der Waals surface area (Å²) in [7, 11) is 0. The molecule has 2 aromatic rings. The van der Waals surface area contributed by atoms with Crippen molar-refractivity contribution in [1.82, 2.24) is 10.1 Å². The second-order valence-electron chi connectivity index (χ2n) is 5.37. The van der Waals surface area contributed by atoms with Gasteiger partial charge < -0.3 is 9.42 Å². The van der Waals surface area contributed by atoms with E-state index in [4.69, 9.17) is 4.52 Å². The summed E-state index contributed by atoms with van der Waals surface area (Å²) < 4.78 is 19.0. The molecular weight excluding hydrogens is 271 g/mol. The van der Waals surface area contributed by atoms with Crippen LogP contribution < -0.4 is 0 Å². The predicted molar refractivity (Wildman–Crippen MR) is 75.4 cm³/mol. The average molecular weight is 288 g/mol. The molecule has 1 atom stereocenters. The number of nitrogens with zero attached hydrogens (tertiary/aromatic N) is 2. The molecule has 1 aromatic carbocycles. The molecular formula is C16H17FN2O2. The lowest BCUT2D eigenvalue weighted by Gasteiger charge is -2.25. The van der Waals surface area contributed by atoms with Crippen molar-refractivity contribution in [1.29, 1.82) is 0 Å². The van der Waals surface area contributed by atoms with Crippen LogP contribution in [0.15, 0.2) is 28.8 Å². The van der Waals surface area contributed by atoms with Crippen molar-refractivity contribution in [3.8, 4) is 0 Å². The maximum atomic E-state index is 13.8. The van der Waals surface area contributed by atoms with Crippen LogP contribution in [0.1, 0.15) is 46.3 Å². The van der Waals surface area contributed by atoms with Crippen molar-refractivity contribution < 1.29 is 13.7 Å². The first-order valence-electron chi connectivity index (χ1n) is 7.08. The smallest absolute Gasteiger partial charge is 0.257 e. The van der Waals surface area contributed by atoms with Gasteiger partial charge in [0.2, 0.25) is 0 Å². The third kappa shape index (κ3) is 2.33. The highest BCUT2D eigenvalue weighted by Gasteiger charge is 2.34. The summed E-state index contributed by atoms with van der Waals surface area (Å²) in [5, 5.41) is 3.96. The fourth-order valence-corrected chi connectivity index (χ4v) is 3.07. The van der Waals surface area contributed by atoms with Crippen molar-refractivity contribution in [2.75, 3.05) is 6.54 Å². The number of carbonyl (C=O) groups is 1. The van der Waals surface area contributed by atoms with Crippen LogP contribution in [0.4, 0.5) is 4.39 Å². The number of rotatable bonds is 2. The number of halogens is 1. The minimum Gasteiger partial charge on any atom is -0.361 e. The normalized spacial score (nSPS) is 18.2. The van der Waals surface area contributed by atoms with E-state index >= 15 is 0 Å². The van der Waals surface area contributed by atoms with Crippen LogP contribution in [0.25, 0.3) is 0 Å². The van der Waals surface area contributed by atoms with E-state index in [1.54, 1.807) is 17.0 Å². The lowest BCUT2D eigenvalue weighted by atomic mass is 10.0. The number of aryl methyl sites for hydroxylation is 2. The van der Waals surface area contributed by atoms with Gasteiger partial charge in [0.05, 0.1) is 17.3 Å².